The highest BCUT2D eigenvalue weighted by Gasteiger charge is 2.35. The number of hydrogen-bond donors (Lipinski definition) is 1. The summed E-state index contributed by atoms with van der Waals surface area (Å²) in [5.74, 6) is 0.0153. The predicted octanol–water partition coefficient (Wildman–Crippen LogP) is 1.86. The highest BCUT2D eigenvalue weighted by Crippen LogP contribution is 2.30. The van der Waals surface area contributed by atoms with Gasteiger partial charge in [0.15, 0.2) is 0 Å². The molecule has 0 atom stereocenters. The largest absolute Gasteiger partial charge is 0.487 e. The Kier molecular flexibility index (Phi) is 4.00. The van der Waals surface area contributed by atoms with Gasteiger partial charge in [0.1, 0.15) is 29.1 Å². The van der Waals surface area contributed by atoms with Gasteiger partial charge in [0.05, 0.1) is 13.1 Å². The van der Waals surface area contributed by atoms with E-state index in [-0.39, 0.29) is 17.6 Å². The summed E-state index contributed by atoms with van der Waals surface area (Å²) in [5.41, 5.74) is 4.30. The van der Waals surface area contributed by atoms with Gasteiger partial charge in [-0.15, -0.1) is 0 Å². The van der Waals surface area contributed by atoms with Crippen LogP contribution in [-0.4, -0.2) is 35.1 Å². The molecule has 126 valence electrons. The first-order valence-corrected chi connectivity index (χ1v) is 7.04. The zero-order valence-electron chi connectivity index (χ0n) is 12.3. The number of alkyl halides is 3. The molecule has 24 heavy (non-hydrogen) atoms. The minimum absolute atomic E-state index is 0.0863. The van der Waals surface area contributed by atoms with Crippen LogP contribution < -0.4 is 15.4 Å². The molecule has 2 aromatic heterocycles. The first kappa shape index (κ1) is 16.0. The van der Waals surface area contributed by atoms with Crippen LogP contribution in [0.2, 0.25) is 0 Å². The van der Waals surface area contributed by atoms with Crippen LogP contribution in [0.4, 0.5) is 19.0 Å². The Morgan fingerprint density at radius 3 is 2.71 bits per heavy atom. The lowest BCUT2D eigenvalue weighted by Crippen LogP contribution is -2.54. The predicted molar refractivity (Wildman–Crippen MR) is 78.6 cm³/mol. The molecule has 2 aromatic rings. The number of amides is 1. The molecule has 3 heterocycles. The van der Waals surface area contributed by atoms with E-state index in [9.17, 15) is 18.0 Å². The van der Waals surface area contributed by atoms with Crippen LogP contribution in [0.5, 0.6) is 5.75 Å². The van der Waals surface area contributed by atoms with Crippen molar-refractivity contribution >= 4 is 11.7 Å². The molecule has 1 fully saturated rings. The van der Waals surface area contributed by atoms with Crippen LogP contribution in [0.15, 0.2) is 36.5 Å². The van der Waals surface area contributed by atoms with Gasteiger partial charge in [0, 0.05) is 12.3 Å². The van der Waals surface area contributed by atoms with Crippen LogP contribution >= 0.6 is 0 Å². The number of nitrogens with zero attached hydrogens (tertiary/aromatic N) is 3. The summed E-state index contributed by atoms with van der Waals surface area (Å²) in [6.45, 7) is 0.783. The fraction of sp³-hybridized carbons (Fsp3) is 0.267. The smallest absolute Gasteiger partial charge is 0.433 e. The zero-order valence-corrected chi connectivity index (χ0v) is 12.3. The molecule has 1 aliphatic heterocycles. The maximum Gasteiger partial charge on any atom is 0.433 e. The SMILES string of the molecule is NC(=O)c1cc(OC2CN(c3cccc(C(F)(F)F)n3)C2)ccn1. The number of anilines is 1. The number of ether oxygens (including phenoxy) is 1. The van der Waals surface area contributed by atoms with Crippen molar-refractivity contribution in [2.24, 2.45) is 5.73 Å². The Morgan fingerprint density at radius 1 is 1.29 bits per heavy atom. The quantitative estimate of drug-likeness (QED) is 0.920. The highest BCUT2D eigenvalue weighted by atomic mass is 19.4. The lowest BCUT2D eigenvalue weighted by molar-refractivity contribution is -0.141. The molecule has 1 aliphatic rings. The van der Waals surface area contributed by atoms with Crippen LogP contribution in [0.1, 0.15) is 16.2 Å². The first-order chi connectivity index (χ1) is 11.3. The molecule has 0 radical (unpaired) electrons. The van der Waals surface area contributed by atoms with E-state index in [0.717, 1.165) is 6.07 Å². The molecule has 0 unspecified atom stereocenters. The Hall–Kier alpha value is -2.84. The van der Waals surface area contributed by atoms with E-state index in [1.807, 2.05) is 0 Å². The van der Waals surface area contributed by atoms with Crippen LogP contribution in [-0.2, 0) is 6.18 Å². The second-order valence-corrected chi connectivity index (χ2v) is 5.26. The average Bonchev–Trinajstić information content (AvgIpc) is 2.50. The minimum Gasteiger partial charge on any atom is -0.487 e. The van der Waals surface area contributed by atoms with Gasteiger partial charge >= 0.3 is 6.18 Å². The van der Waals surface area contributed by atoms with Gasteiger partial charge in [-0.2, -0.15) is 13.2 Å². The van der Waals surface area contributed by atoms with Crippen molar-refractivity contribution in [1.29, 1.82) is 0 Å². The lowest BCUT2D eigenvalue weighted by Gasteiger charge is -2.39. The number of carbonyl (C=O) groups is 1. The summed E-state index contributed by atoms with van der Waals surface area (Å²) in [7, 11) is 0. The number of nitrogens with two attached hydrogens (primary N) is 1. The number of rotatable bonds is 4. The maximum atomic E-state index is 12.7. The topological polar surface area (TPSA) is 81.3 Å². The second kappa shape index (κ2) is 5.99. The molecule has 6 nitrogen and oxygen atoms in total. The molecule has 3 rings (SSSR count). The third kappa shape index (κ3) is 3.39. The first-order valence-electron chi connectivity index (χ1n) is 7.04. The van der Waals surface area contributed by atoms with Gasteiger partial charge < -0.3 is 15.4 Å². The summed E-state index contributed by atoms with van der Waals surface area (Å²) >= 11 is 0. The van der Waals surface area contributed by atoms with Crippen molar-refractivity contribution < 1.29 is 22.7 Å². The van der Waals surface area contributed by atoms with Crippen LogP contribution in [0.25, 0.3) is 0 Å². The van der Waals surface area contributed by atoms with Gasteiger partial charge in [-0.1, -0.05) is 6.07 Å². The standard InChI is InChI=1S/C15H13F3N4O2/c16-15(17,18)12-2-1-3-13(21-12)22-7-10(8-22)24-9-4-5-20-11(6-9)14(19)23/h1-6,10H,7-8H2,(H2,19,23). The molecular formula is C15H13F3N4O2. The van der Waals surface area contributed by atoms with Crippen molar-refractivity contribution in [2.45, 2.75) is 12.3 Å². The van der Waals surface area contributed by atoms with Gasteiger partial charge in [-0.3, -0.25) is 9.78 Å². The number of pyridine rings is 2. The van der Waals surface area contributed by atoms with Crippen molar-refractivity contribution in [3.63, 3.8) is 0 Å². The number of hydrogen-bond acceptors (Lipinski definition) is 5. The van der Waals surface area contributed by atoms with Gasteiger partial charge in [0.25, 0.3) is 5.91 Å². The summed E-state index contributed by atoms with van der Waals surface area (Å²) in [4.78, 5) is 20.2. The van der Waals surface area contributed by atoms with E-state index in [2.05, 4.69) is 9.97 Å². The average molecular weight is 338 g/mol. The molecular weight excluding hydrogens is 325 g/mol. The number of primary amides is 1. The number of halogens is 3. The fourth-order valence-electron chi connectivity index (χ4n) is 2.27. The molecule has 0 spiro atoms. The van der Waals surface area contributed by atoms with Crippen LogP contribution in [0.3, 0.4) is 0 Å². The molecule has 1 amide bonds. The van der Waals surface area contributed by atoms with Crippen molar-refractivity contribution in [3.05, 3.63) is 47.9 Å². The van der Waals surface area contributed by atoms with E-state index in [1.54, 1.807) is 11.0 Å². The monoisotopic (exact) mass is 338 g/mol. The molecule has 9 heteroatoms. The van der Waals surface area contributed by atoms with E-state index < -0.39 is 17.8 Å². The summed E-state index contributed by atoms with van der Waals surface area (Å²) in [6.07, 6.45) is -3.29. The normalized spacial score (nSPS) is 15.0. The highest BCUT2D eigenvalue weighted by molar-refractivity contribution is 5.91. The molecule has 0 saturated carbocycles. The Morgan fingerprint density at radius 2 is 2.04 bits per heavy atom. The second-order valence-electron chi connectivity index (χ2n) is 5.26. The Bertz CT molecular complexity index is 760. The van der Waals surface area contributed by atoms with Gasteiger partial charge in [-0.05, 0) is 18.2 Å². The van der Waals surface area contributed by atoms with Crippen molar-refractivity contribution in [2.75, 3.05) is 18.0 Å². The van der Waals surface area contributed by atoms with Crippen molar-refractivity contribution in [1.82, 2.24) is 9.97 Å². The minimum atomic E-state index is -4.47. The number of aromatic nitrogens is 2. The summed E-state index contributed by atoms with van der Waals surface area (Å²) in [6, 6.07) is 6.77. The Labute approximate surface area is 135 Å². The lowest BCUT2D eigenvalue weighted by atomic mass is 10.1. The Balaban J connectivity index is 1.62. The van der Waals surface area contributed by atoms with Crippen LogP contribution in [0, 0.1) is 0 Å². The molecule has 0 aromatic carbocycles. The number of carbonyl (C=O) groups excluding carboxylic acids is 1. The van der Waals surface area contributed by atoms with Crippen molar-refractivity contribution in [3.8, 4) is 5.75 Å². The molecule has 1 saturated heterocycles. The van der Waals surface area contributed by atoms with Gasteiger partial charge in [-0.25, -0.2) is 4.98 Å². The molecule has 0 bridgehead atoms. The van der Waals surface area contributed by atoms with Gasteiger partial charge in [0.2, 0.25) is 0 Å². The zero-order chi connectivity index (χ0) is 17.3. The third-order valence-electron chi connectivity index (χ3n) is 3.48. The fourth-order valence-corrected chi connectivity index (χ4v) is 2.27. The third-order valence-corrected chi connectivity index (χ3v) is 3.48. The molecule has 2 N–H and O–H groups in total. The summed E-state index contributed by atoms with van der Waals surface area (Å²) in [5, 5.41) is 0. The van der Waals surface area contributed by atoms with E-state index in [4.69, 9.17) is 10.5 Å². The van der Waals surface area contributed by atoms with E-state index in [1.165, 1.54) is 24.4 Å². The maximum absolute atomic E-state index is 12.7. The summed E-state index contributed by atoms with van der Waals surface area (Å²) < 4.78 is 43.7. The van der Waals surface area contributed by atoms with E-state index in [0.29, 0.717) is 18.8 Å². The van der Waals surface area contributed by atoms with E-state index >= 15 is 0 Å². The molecule has 0 aliphatic carbocycles.